The Morgan fingerprint density at radius 2 is 2.31 bits per heavy atom. The first-order valence-electron chi connectivity index (χ1n) is 5.14. The van der Waals surface area contributed by atoms with Gasteiger partial charge in [-0.05, 0) is 25.2 Å². The molecule has 0 aliphatic carbocycles. The van der Waals surface area contributed by atoms with Gasteiger partial charge in [-0.25, -0.2) is 4.98 Å². The van der Waals surface area contributed by atoms with E-state index in [1.165, 1.54) is 0 Å². The van der Waals surface area contributed by atoms with Crippen LogP contribution in [0.5, 0.6) is 5.88 Å². The summed E-state index contributed by atoms with van der Waals surface area (Å²) in [6, 6.07) is 7.60. The maximum atomic E-state index is 5.59. The van der Waals surface area contributed by atoms with E-state index >= 15 is 0 Å². The highest BCUT2D eigenvalue weighted by molar-refractivity contribution is 5.25. The lowest BCUT2D eigenvalue weighted by Crippen LogP contribution is -2.08. The van der Waals surface area contributed by atoms with E-state index in [4.69, 9.17) is 9.15 Å². The van der Waals surface area contributed by atoms with Crippen molar-refractivity contribution < 1.29 is 9.15 Å². The number of hydrogen-bond donors (Lipinski definition) is 1. The summed E-state index contributed by atoms with van der Waals surface area (Å²) in [7, 11) is 1.89. The van der Waals surface area contributed by atoms with Gasteiger partial charge in [-0.2, -0.15) is 0 Å². The van der Waals surface area contributed by atoms with Crippen molar-refractivity contribution in [3.05, 3.63) is 48.0 Å². The van der Waals surface area contributed by atoms with Crippen molar-refractivity contribution in [3.8, 4) is 5.88 Å². The van der Waals surface area contributed by atoms with Crippen LogP contribution in [0.4, 0.5) is 0 Å². The molecule has 0 atom stereocenters. The minimum Gasteiger partial charge on any atom is -0.469 e. The molecule has 2 aromatic rings. The van der Waals surface area contributed by atoms with Gasteiger partial charge in [0, 0.05) is 18.3 Å². The molecule has 0 bridgehead atoms. The lowest BCUT2D eigenvalue weighted by molar-refractivity contribution is 0.257. The lowest BCUT2D eigenvalue weighted by Gasteiger charge is -2.08. The van der Waals surface area contributed by atoms with Gasteiger partial charge >= 0.3 is 0 Å². The molecule has 0 saturated heterocycles. The third-order valence-electron chi connectivity index (χ3n) is 2.15. The average molecular weight is 218 g/mol. The summed E-state index contributed by atoms with van der Waals surface area (Å²) in [5.41, 5.74) is 1.04. The van der Waals surface area contributed by atoms with E-state index in [-0.39, 0.29) is 0 Å². The Kier molecular flexibility index (Phi) is 3.56. The topological polar surface area (TPSA) is 47.3 Å². The molecular formula is C12H14N2O2. The summed E-state index contributed by atoms with van der Waals surface area (Å²) in [6.07, 6.45) is 3.35. The molecule has 4 nitrogen and oxygen atoms in total. The van der Waals surface area contributed by atoms with E-state index in [2.05, 4.69) is 10.3 Å². The zero-order valence-electron chi connectivity index (χ0n) is 9.14. The second-order valence-corrected chi connectivity index (χ2v) is 3.37. The zero-order chi connectivity index (χ0) is 11.2. The molecule has 16 heavy (non-hydrogen) atoms. The summed E-state index contributed by atoms with van der Waals surface area (Å²) in [4.78, 5) is 4.19. The van der Waals surface area contributed by atoms with Crippen molar-refractivity contribution in [1.82, 2.24) is 10.3 Å². The molecule has 0 fully saturated rings. The first-order chi connectivity index (χ1) is 7.90. The van der Waals surface area contributed by atoms with Crippen LogP contribution in [0.25, 0.3) is 0 Å². The number of nitrogens with one attached hydrogen (secondary N) is 1. The highest BCUT2D eigenvalue weighted by Crippen LogP contribution is 2.15. The van der Waals surface area contributed by atoms with Gasteiger partial charge in [-0.3, -0.25) is 0 Å². The summed E-state index contributed by atoms with van der Waals surface area (Å²) in [5, 5.41) is 3.07. The molecule has 2 rings (SSSR count). The molecule has 0 aliphatic heterocycles. The molecule has 0 spiro atoms. The largest absolute Gasteiger partial charge is 0.469 e. The van der Waals surface area contributed by atoms with Crippen molar-refractivity contribution in [3.63, 3.8) is 0 Å². The maximum absolute atomic E-state index is 5.59. The van der Waals surface area contributed by atoms with Gasteiger partial charge < -0.3 is 14.5 Å². The Labute approximate surface area is 94.3 Å². The number of pyridine rings is 1. The van der Waals surface area contributed by atoms with Gasteiger partial charge in [0.1, 0.15) is 12.4 Å². The normalized spacial score (nSPS) is 10.3. The molecule has 4 heteroatoms. The van der Waals surface area contributed by atoms with Gasteiger partial charge in [0.05, 0.1) is 6.26 Å². The number of aromatic nitrogens is 1. The summed E-state index contributed by atoms with van der Waals surface area (Å²) in [6.45, 7) is 1.14. The minimum atomic E-state index is 0.403. The highest BCUT2D eigenvalue weighted by Gasteiger charge is 2.04. The monoisotopic (exact) mass is 218 g/mol. The van der Waals surface area contributed by atoms with Crippen molar-refractivity contribution in [2.45, 2.75) is 13.2 Å². The Balaban J connectivity index is 2.03. The summed E-state index contributed by atoms with van der Waals surface area (Å²) >= 11 is 0. The fourth-order valence-corrected chi connectivity index (χ4v) is 1.41. The van der Waals surface area contributed by atoms with Crippen LogP contribution < -0.4 is 10.1 Å². The third kappa shape index (κ3) is 2.61. The van der Waals surface area contributed by atoms with Crippen molar-refractivity contribution in [2.24, 2.45) is 0 Å². The van der Waals surface area contributed by atoms with Crippen LogP contribution in [-0.2, 0) is 13.2 Å². The Morgan fingerprint density at radius 3 is 3.06 bits per heavy atom. The smallest absolute Gasteiger partial charge is 0.218 e. The SMILES string of the molecule is CNCc1cccnc1OCc1ccco1. The first-order valence-corrected chi connectivity index (χ1v) is 5.14. The summed E-state index contributed by atoms with van der Waals surface area (Å²) in [5.74, 6) is 1.44. The number of rotatable bonds is 5. The van der Waals surface area contributed by atoms with Gasteiger partial charge in [-0.1, -0.05) is 6.07 Å². The number of hydrogen-bond acceptors (Lipinski definition) is 4. The van der Waals surface area contributed by atoms with Gasteiger partial charge in [0.15, 0.2) is 0 Å². The maximum Gasteiger partial charge on any atom is 0.218 e. The van der Waals surface area contributed by atoms with E-state index in [1.54, 1.807) is 12.5 Å². The van der Waals surface area contributed by atoms with E-state index in [9.17, 15) is 0 Å². The molecule has 2 heterocycles. The molecule has 0 amide bonds. The first kappa shape index (κ1) is 10.7. The van der Waals surface area contributed by atoms with Crippen LogP contribution in [0.2, 0.25) is 0 Å². The lowest BCUT2D eigenvalue weighted by atomic mass is 10.3. The van der Waals surface area contributed by atoms with E-state index in [1.807, 2.05) is 31.3 Å². The van der Waals surface area contributed by atoms with Crippen LogP contribution in [0.3, 0.4) is 0 Å². The Morgan fingerprint density at radius 1 is 1.38 bits per heavy atom. The minimum absolute atomic E-state index is 0.403. The second-order valence-electron chi connectivity index (χ2n) is 3.37. The van der Waals surface area contributed by atoms with Crippen LogP contribution in [0, 0.1) is 0 Å². The number of ether oxygens (including phenoxy) is 1. The molecule has 0 unspecified atom stereocenters. The zero-order valence-corrected chi connectivity index (χ0v) is 9.14. The van der Waals surface area contributed by atoms with Crippen molar-refractivity contribution in [2.75, 3.05) is 7.05 Å². The quantitative estimate of drug-likeness (QED) is 0.833. The van der Waals surface area contributed by atoms with Crippen molar-refractivity contribution in [1.29, 1.82) is 0 Å². The Bertz CT molecular complexity index is 426. The van der Waals surface area contributed by atoms with Crippen LogP contribution in [0.1, 0.15) is 11.3 Å². The molecule has 2 aromatic heterocycles. The van der Waals surface area contributed by atoms with E-state index < -0.39 is 0 Å². The predicted molar refractivity (Wildman–Crippen MR) is 60.0 cm³/mol. The number of furan rings is 1. The Hall–Kier alpha value is -1.81. The second kappa shape index (κ2) is 5.32. The standard InChI is InChI=1S/C12H14N2O2/c1-13-8-10-4-2-6-14-12(10)16-9-11-5-3-7-15-11/h2-7,13H,8-9H2,1H3. The number of nitrogens with zero attached hydrogens (tertiary/aromatic N) is 1. The van der Waals surface area contributed by atoms with Crippen molar-refractivity contribution >= 4 is 0 Å². The molecule has 84 valence electrons. The molecule has 0 aliphatic rings. The molecular weight excluding hydrogens is 204 g/mol. The summed E-state index contributed by atoms with van der Waals surface area (Å²) < 4.78 is 10.8. The average Bonchev–Trinajstić information content (AvgIpc) is 2.81. The fraction of sp³-hybridized carbons (Fsp3) is 0.250. The predicted octanol–water partition coefficient (Wildman–Crippen LogP) is 1.97. The van der Waals surface area contributed by atoms with Gasteiger partial charge in [-0.15, -0.1) is 0 Å². The van der Waals surface area contributed by atoms with Gasteiger partial charge in [0.25, 0.3) is 0 Å². The van der Waals surface area contributed by atoms with E-state index in [0.29, 0.717) is 12.5 Å². The molecule has 0 radical (unpaired) electrons. The van der Waals surface area contributed by atoms with Crippen LogP contribution >= 0.6 is 0 Å². The van der Waals surface area contributed by atoms with Gasteiger partial charge in [0.2, 0.25) is 5.88 Å². The molecule has 0 saturated carbocycles. The third-order valence-corrected chi connectivity index (χ3v) is 2.15. The van der Waals surface area contributed by atoms with Crippen LogP contribution in [-0.4, -0.2) is 12.0 Å². The molecule has 0 aromatic carbocycles. The van der Waals surface area contributed by atoms with E-state index in [0.717, 1.165) is 17.9 Å². The highest BCUT2D eigenvalue weighted by atomic mass is 16.5. The van der Waals surface area contributed by atoms with Crippen LogP contribution in [0.15, 0.2) is 41.1 Å². The fourth-order valence-electron chi connectivity index (χ4n) is 1.41. The molecule has 1 N–H and O–H groups in total.